The fraction of sp³-hybridized carbons (Fsp3) is 0.571. The molecule has 1 atom stereocenters. The molecule has 0 saturated heterocycles. The van der Waals surface area contributed by atoms with E-state index in [0.29, 0.717) is 18.2 Å². The van der Waals surface area contributed by atoms with Crippen LogP contribution in [-0.4, -0.2) is 25.2 Å². The van der Waals surface area contributed by atoms with Crippen molar-refractivity contribution in [3.05, 3.63) is 11.5 Å². The van der Waals surface area contributed by atoms with Gasteiger partial charge in [0.2, 0.25) is 0 Å². The van der Waals surface area contributed by atoms with Crippen molar-refractivity contribution in [3.63, 3.8) is 0 Å². The van der Waals surface area contributed by atoms with E-state index >= 15 is 0 Å². The first-order valence-electron chi connectivity index (χ1n) is 4.13. The number of nitrogens with one attached hydrogen (secondary N) is 3. The van der Waals surface area contributed by atoms with Gasteiger partial charge in [0.05, 0.1) is 25.0 Å². The zero-order valence-electron chi connectivity index (χ0n) is 7.15. The second-order valence-corrected chi connectivity index (χ2v) is 3.08. The van der Waals surface area contributed by atoms with Crippen molar-refractivity contribution in [2.45, 2.75) is 18.8 Å². The van der Waals surface area contributed by atoms with Gasteiger partial charge in [-0.2, -0.15) is 13.2 Å². The lowest BCUT2D eigenvalue weighted by molar-refractivity contribution is -0.139. The molecule has 2 aliphatic rings. The third kappa shape index (κ3) is 1.91. The molecular formula is C7H9F3N4. The highest BCUT2D eigenvalue weighted by Crippen LogP contribution is 2.23. The van der Waals surface area contributed by atoms with E-state index in [1.807, 2.05) is 0 Å². The van der Waals surface area contributed by atoms with E-state index in [-0.39, 0.29) is 0 Å². The molecule has 0 aromatic rings. The number of rotatable bonds is 1. The second kappa shape index (κ2) is 3.07. The molecule has 0 radical (unpaired) electrons. The number of hydrogen-bond acceptors (Lipinski definition) is 4. The normalized spacial score (nSPS) is 25.2. The van der Waals surface area contributed by atoms with Gasteiger partial charge in [0.1, 0.15) is 12.0 Å². The van der Waals surface area contributed by atoms with Crippen molar-refractivity contribution >= 4 is 6.21 Å². The fourth-order valence-electron chi connectivity index (χ4n) is 1.34. The minimum absolute atomic E-state index is 0.516. The summed E-state index contributed by atoms with van der Waals surface area (Å²) in [5.41, 5.74) is 0.712. The van der Waals surface area contributed by atoms with Crippen LogP contribution >= 0.6 is 0 Å². The van der Waals surface area contributed by atoms with Crippen LogP contribution in [0, 0.1) is 0 Å². The molecule has 0 bridgehead atoms. The Labute approximate surface area is 78.3 Å². The molecular weight excluding hydrogens is 197 g/mol. The first-order chi connectivity index (χ1) is 6.54. The Morgan fingerprint density at radius 1 is 1.43 bits per heavy atom. The van der Waals surface area contributed by atoms with Gasteiger partial charge in [-0.05, 0) is 0 Å². The molecule has 0 fully saturated rings. The van der Waals surface area contributed by atoms with Crippen LogP contribution in [0.5, 0.6) is 0 Å². The van der Waals surface area contributed by atoms with Crippen molar-refractivity contribution in [1.29, 1.82) is 0 Å². The Balaban J connectivity index is 1.98. The third-order valence-corrected chi connectivity index (χ3v) is 1.93. The van der Waals surface area contributed by atoms with Crippen molar-refractivity contribution in [3.8, 4) is 0 Å². The molecule has 3 N–H and O–H groups in total. The predicted octanol–water partition coefficient (Wildman–Crippen LogP) is 0.258. The molecule has 0 saturated carbocycles. The van der Waals surface area contributed by atoms with Gasteiger partial charge in [-0.15, -0.1) is 0 Å². The fourth-order valence-corrected chi connectivity index (χ4v) is 1.34. The van der Waals surface area contributed by atoms with E-state index in [0.717, 1.165) is 0 Å². The lowest BCUT2D eigenvalue weighted by atomic mass is 10.3. The smallest absolute Gasteiger partial charge is 0.364 e. The van der Waals surface area contributed by atoms with E-state index in [9.17, 15) is 13.2 Å². The molecule has 2 rings (SSSR count). The second-order valence-electron chi connectivity index (χ2n) is 3.08. The molecule has 4 nitrogen and oxygen atoms in total. The van der Waals surface area contributed by atoms with Crippen LogP contribution < -0.4 is 16.0 Å². The molecule has 0 aliphatic carbocycles. The lowest BCUT2D eigenvalue weighted by Crippen LogP contribution is -2.37. The maximum Gasteiger partial charge on any atom is 0.392 e. The number of aliphatic imine (C=N–C) groups is 1. The third-order valence-electron chi connectivity index (χ3n) is 1.93. The average molecular weight is 206 g/mol. The summed E-state index contributed by atoms with van der Waals surface area (Å²) in [5.74, 6) is 0.592. The Morgan fingerprint density at radius 3 is 2.93 bits per heavy atom. The molecule has 2 heterocycles. The highest BCUT2D eigenvalue weighted by molar-refractivity contribution is 5.80. The Hall–Kier alpha value is -1.40. The molecule has 2 aliphatic heterocycles. The molecule has 0 aromatic carbocycles. The summed E-state index contributed by atoms with van der Waals surface area (Å²) in [4.78, 5) is 3.74. The molecule has 78 valence electrons. The van der Waals surface area contributed by atoms with E-state index in [2.05, 4.69) is 20.9 Å². The minimum Gasteiger partial charge on any atom is -0.364 e. The van der Waals surface area contributed by atoms with E-state index in [1.54, 1.807) is 0 Å². The highest BCUT2D eigenvalue weighted by Gasteiger charge is 2.33. The van der Waals surface area contributed by atoms with Crippen molar-refractivity contribution in [2.75, 3.05) is 6.67 Å². The minimum atomic E-state index is -4.20. The van der Waals surface area contributed by atoms with Crippen LogP contribution in [0.2, 0.25) is 0 Å². The van der Waals surface area contributed by atoms with Crippen LogP contribution in [0.1, 0.15) is 6.42 Å². The van der Waals surface area contributed by atoms with E-state index < -0.39 is 18.8 Å². The van der Waals surface area contributed by atoms with Crippen LogP contribution in [0.4, 0.5) is 13.2 Å². The number of allylic oxidation sites excluding steroid dienone is 1. The van der Waals surface area contributed by atoms with Crippen molar-refractivity contribution in [2.24, 2.45) is 4.99 Å². The summed E-state index contributed by atoms with van der Waals surface area (Å²) in [6.45, 7) is 0.516. The van der Waals surface area contributed by atoms with Crippen molar-refractivity contribution in [1.82, 2.24) is 16.0 Å². The summed E-state index contributed by atoms with van der Waals surface area (Å²) >= 11 is 0. The molecule has 14 heavy (non-hydrogen) atoms. The van der Waals surface area contributed by atoms with Gasteiger partial charge in [0.15, 0.2) is 0 Å². The van der Waals surface area contributed by atoms with Crippen LogP contribution in [0.25, 0.3) is 0 Å². The summed E-state index contributed by atoms with van der Waals surface area (Å²) < 4.78 is 36.1. The summed E-state index contributed by atoms with van der Waals surface area (Å²) in [6, 6.07) is 0. The van der Waals surface area contributed by atoms with Gasteiger partial charge in [0, 0.05) is 0 Å². The zero-order valence-corrected chi connectivity index (χ0v) is 7.15. The molecule has 1 unspecified atom stereocenters. The predicted molar refractivity (Wildman–Crippen MR) is 44.3 cm³/mol. The van der Waals surface area contributed by atoms with Gasteiger partial charge < -0.3 is 16.0 Å². The van der Waals surface area contributed by atoms with E-state index in [4.69, 9.17) is 0 Å². The molecule has 0 aromatic heterocycles. The Bertz CT molecular complexity index is 294. The zero-order chi connectivity index (χ0) is 10.2. The summed E-state index contributed by atoms with van der Waals surface area (Å²) in [6.07, 6.45) is -4.65. The molecule has 7 heteroatoms. The summed E-state index contributed by atoms with van der Waals surface area (Å²) in [5, 5.41) is 8.45. The van der Waals surface area contributed by atoms with Gasteiger partial charge in [-0.25, -0.2) is 0 Å². The largest absolute Gasteiger partial charge is 0.392 e. The molecule has 0 amide bonds. The maximum absolute atomic E-state index is 12.0. The number of halogens is 3. The van der Waals surface area contributed by atoms with Crippen LogP contribution in [0.3, 0.4) is 0 Å². The monoisotopic (exact) mass is 206 g/mol. The van der Waals surface area contributed by atoms with E-state index in [1.165, 1.54) is 6.21 Å². The number of alkyl halides is 3. The maximum atomic E-state index is 12.0. The topological polar surface area (TPSA) is 48.5 Å². The standard InChI is InChI=1S/C7H9F3N4/c8-7(9,10)1-5-11-2-4-6(14-5)13-3-12-4/h2,5,12-14H,1,3H2. The Morgan fingerprint density at radius 2 is 2.21 bits per heavy atom. The van der Waals surface area contributed by atoms with Crippen molar-refractivity contribution < 1.29 is 13.2 Å². The first kappa shape index (κ1) is 9.17. The molecule has 0 spiro atoms. The van der Waals surface area contributed by atoms with Gasteiger partial charge in [0.25, 0.3) is 0 Å². The number of nitrogens with zero attached hydrogens (tertiary/aromatic N) is 1. The van der Waals surface area contributed by atoms with Crippen LogP contribution in [-0.2, 0) is 0 Å². The van der Waals surface area contributed by atoms with Crippen LogP contribution in [0.15, 0.2) is 16.5 Å². The highest BCUT2D eigenvalue weighted by atomic mass is 19.4. The quantitative estimate of drug-likeness (QED) is 0.576. The lowest BCUT2D eigenvalue weighted by Gasteiger charge is -2.21. The Kier molecular flexibility index (Phi) is 2.01. The van der Waals surface area contributed by atoms with Gasteiger partial charge >= 0.3 is 6.18 Å². The average Bonchev–Trinajstić information content (AvgIpc) is 2.47. The van der Waals surface area contributed by atoms with Gasteiger partial charge in [-0.1, -0.05) is 0 Å². The van der Waals surface area contributed by atoms with Gasteiger partial charge in [-0.3, -0.25) is 4.99 Å². The number of hydrogen-bond donors (Lipinski definition) is 3. The first-order valence-corrected chi connectivity index (χ1v) is 4.13. The SMILES string of the molecule is FC(F)(F)CC1N=CC2=C(NCN2)N1. The summed E-state index contributed by atoms with van der Waals surface area (Å²) in [7, 11) is 0.